The molecule has 0 saturated carbocycles. The molecule has 0 amide bonds. The Morgan fingerprint density at radius 2 is 1.95 bits per heavy atom. The van der Waals surface area contributed by atoms with Crippen LogP contribution in [0.4, 0.5) is 22.9 Å². The summed E-state index contributed by atoms with van der Waals surface area (Å²) in [6.07, 6.45) is 1.44. The molecule has 0 unspecified atom stereocenters. The van der Waals surface area contributed by atoms with E-state index in [1.807, 2.05) is 13.0 Å². The zero-order valence-electron chi connectivity index (χ0n) is 10.3. The van der Waals surface area contributed by atoms with Gasteiger partial charge in [0, 0.05) is 11.9 Å². The van der Waals surface area contributed by atoms with E-state index in [2.05, 4.69) is 15.2 Å². The highest BCUT2D eigenvalue weighted by molar-refractivity contribution is 5.70. The van der Waals surface area contributed by atoms with Crippen molar-refractivity contribution in [3.8, 4) is 6.07 Å². The molecule has 0 spiro atoms. The summed E-state index contributed by atoms with van der Waals surface area (Å²) in [7, 11) is 0. The molecule has 0 radical (unpaired) electrons. The third kappa shape index (κ3) is 2.84. The summed E-state index contributed by atoms with van der Waals surface area (Å²) in [5.41, 5.74) is 14.5. The van der Waals surface area contributed by atoms with Crippen LogP contribution in [0.1, 0.15) is 11.1 Å². The molecule has 0 aliphatic carbocycles. The molecule has 0 aliphatic heterocycles. The van der Waals surface area contributed by atoms with Crippen LogP contribution in [0, 0.1) is 18.3 Å². The van der Waals surface area contributed by atoms with Gasteiger partial charge in [-0.3, -0.25) is 0 Å². The third-order valence-corrected chi connectivity index (χ3v) is 2.55. The van der Waals surface area contributed by atoms with E-state index in [9.17, 15) is 0 Å². The summed E-state index contributed by atoms with van der Waals surface area (Å²) < 4.78 is 0. The first-order chi connectivity index (χ1) is 9.10. The van der Waals surface area contributed by atoms with Gasteiger partial charge in [0.15, 0.2) is 5.82 Å². The number of nitrogens with zero attached hydrogens (tertiary/aromatic N) is 4. The molecule has 0 bridgehead atoms. The predicted molar refractivity (Wildman–Crippen MR) is 73.1 cm³/mol. The lowest BCUT2D eigenvalue weighted by Crippen LogP contribution is -1.93. The highest BCUT2D eigenvalue weighted by Crippen LogP contribution is 2.28. The van der Waals surface area contributed by atoms with Crippen molar-refractivity contribution in [2.75, 3.05) is 11.5 Å². The quantitative estimate of drug-likeness (QED) is 0.631. The van der Waals surface area contributed by atoms with Gasteiger partial charge in [-0.15, -0.1) is 10.2 Å². The molecule has 0 saturated heterocycles. The van der Waals surface area contributed by atoms with Gasteiger partial charge in [-0.2, -0.15) is 5.26 Å². The van der Waals surface area contributed by atoms with E-state index in [4.69, 9.17) is 16.7 Å². The average molecular weight is 252 g/mol. The monoisotopic (exact) mass is 252 g/mol. The molecule has 1 heterocycles. The number of nitrogen functional groups attached to an aromatic ring is 2. The highest BCUT2D eigenvalue weighted by atomic mass is 15.1. The van der Waals surface area contributed by atoms with E-state index in [0.29, 0.717) is 28.4 Å². The second-order valence-electron chi connectivity index (χ2n) is 3.98. The van der Waals surface area contributed by atoms with E-state index in [0.717, 1.165) is 5.56 Å². The molecule has 1 aromatic heterocycles. The van der Waals surface area contributed by atoms with Gasteiger partial charge in [0.05, 0.1) is 11.3 Å². The van der Waals surface area contributed by atoms with Crippen molar-refractivity contribution in [3.05, 3.63) is 41.6 Å². The number of pyridine rings is 1. The van der Waals surface area contributed by atoms with Crippen LogP contribution < -0.4 is 11.5 Å². The molecule has 0 atom stereocenters. The minimum absolute atomic E-state index is 0.410. The lowest BCUT2D eigenvalue weighted by Gasteiger charge is -2.04. The molecule has 1 aromatic carbocycles. The molecule has 4 N–H and O–H groups in total. The number of aromatic nitrogens is 1. The van der Waals surface area contributed by atoms with Gasteiger partial charge in [-0.25, -0.2) is 4.98 Å². The van der Waals surface area contributed by atoms with Crippen molar-refractivity contribution in [1.82, 2.24) is 4.98 Å². The van der Waals surface area contributed by atoms with Crippen molar-refractivity contribution in [2.24, 2.45) is 10.2 Å². The number of rotatable bonds is 2. The van der Waals surface area contributed by atoms with Crippen LogP contribution in [0.3, 0.4) is 0 Å². The van der Waals surface area contributed by atoms with Crippen LogP contribution in [0.15, 0.2) is 40.7 Å². The lowest BCUT2D eigenvalue weighted by atomic mass is 10.1. The summed E-state index contributed by atoms with van der Waals surface area (Å²) in [6.45, 7) is 1.87. The van der Waals surface area contributed by atoms with Crippen LogP contribution >= 0.6 is 0 Å². The molecular formula is C13H12N6. The van der Waals surface area contributed by atoms with Crippen LogP contribution in [0.2, 0.25) is 0 Å². The average Bonchev–Trinajstić information content (AvgIpc) is 2.42. The maximum absolute atomic E-state index is 8.66. The van der Waals surface area contributed by atoms with E-state index in [-0.39, 0.29) is 0 Å². The molecule has 19 heavy (non-hydrogen) atoms. The first-order valence-corrected chi connectivity index (χ1v) is 5.53. The van der Waals surface area contributed by atoms with E-state index in [1.54, 1.807) is 24.3 Å². The van der Waals surface area contributed by atoms with Crippen LogP contribution in [0.25, 0.3) is 0 Å². The Hall–Kier alpha value is -2.94. The van der Waals surface area contributed by atoms with Crippen molar-refractivity contribution < 1.29 is 0 Å². The van der Waals surface area contributed by atoms with Crippen molar-refractivity contribution in [1.29, 1.82) is 5.26 Å². The number of hydrogen-bond donors (Lipinski definition) is 2. The maximum Gasteiger partial charge on any atom is 0.174 e. The standard InChI is InChI=1S/C13H12N6/c1-8-4-12(11(16)5-10(8)15)18-19-13-3-2-9(6-14)7-17-13/h2-5,7H,15-16H2,1H3. The number of aryl methyl sites for hydroxylation is 1. The fourth-order valence-electron chi connectivity index (χ4n) is 1.43. The van der Waals surface area contributed by atoms with Gasteiger partial charge in [0.25, 0.3) is 0 Å². The Bertz CT molecular complexity index is 667. The summed E-state index contributed by atoms with van der Waals surface area (Å²) in [6, 6.07) is 8.63. The topological polar surface area (TPSA) is 113 Å². The van der Waals surface area contributed by atoms with Crippen molar-refractivity contribution in [2.45, 2.75) is 6.92 Å². The van der Waals surface area contributed by atoms with Gasteiger partial charge in [0.1, 0.15) is 11.8 Å². The molecule has 6 heteroatoms. The van der Waals surface area contributed by atoms with Crippen molar-refractivity contribution >= 4 is 22.9 Å². The van der Waals surface area contributed by atoms with E-state index < -0.39 is 0 Å². The number of benzene rings is 1. The molecule has 2 rings (SSSR count). The molecule has 2 aromatic rings. The van der Waals surface area contributed by atoms with E-state index in [1.165, 1.54) is 6.20 Å². The molecule has 0 fully saturated rings. The Kier molecular flexibility index (Phi) is 3.39. The number of nitriles is 1. The first-order valence-electron chi connectivity index (χ1n) is 5.53. The maximum atomic E-state index is 8.66. The fourth-order valence-corrected chi connectivity index (χ4v) is 1.43. The largest absolute Gasteiger partial charge is 0.398 e. The normalized spacial score (nSPS) is 10.5. The van der Waals surface area contributed by atoms with Crippen molar-refractivity contribution in [3.63, 3.8) is 0 Å². The SMILES string of the molecule is Cc1cc(N=Nc2ccc(C#N)cn2)c(N)cc1N. The highest BCUT2D eigenvalue weighted by Gasteiger charge is 2.02. The molecule has 94 valence electrons. The summed E-state index contributed by atoms with van der Waals surface area (Å²) >= 11 is 0. The van der Waals surface area contributed by atoms with Gasteiger partial charge < -0.3 is 11.5 Å². The summed E-state index contributed by atoms with van der Waals surface area (Å²) in [4.78, 5) is 3.99. The minimum Gasteiger partial charge on any atom is -0.398 e. The number of azo groups is 1. The molecule has 0 aliphatic rings. The van der Waals surface area contributed by atoms with Crippen LogP contribution in [-0.4, -0.2) is 4.98 Å². The Morgan fingerprint density at radius 1 is 1.16 bits per heavy atom. The van der Waals surface area contributed by atoms with E-state index >= 15 is 0 Å². The first kappa shape index (κ1) is 12.5. The Labute approximate surface area is 110 Å². The Balaban J connectivity index is 2.27. The van der Waals surface area contributed by atoms with Gasteiger partial charge >= 0.3 is 0 Å². The van der Waals surface area contributed by atoms with Gasteiger partial charge in [0.2, 0.25) is 0 Å². The minimum atomic E-state index is 0.410. The van der Waals surface area contributed by atoms with Gasteiger partial charge in [-0.1, -0.05) is 0 Å². The smallest absolute Gasteiger partial charge is 0.174 e. The molecular weight excluding hydrogens is 240 g/mol. The van der Waals surface area contributed by atoms with Crippen LogP contribution in [-0.2, 0) is 0 Å². The summed E-state index contributed by atoms with van der Waals surface area (Å²) in [5, 5.41) is 16.7. The predicted octanol–water partition coefficient (Wildman–Crippen LogP) is 2.84. The lowest BCUT2D eigenvalue weighted by molar-refractivity contribution is 1.15. The summed E-state index contributed by atoms with van der Waals surface area (Å²) in [5.74, 6) is 0.410. The zero-order valence-corrected chi connectivity index (χ0v) is 10.3. The number of hydrogen-bond acceptors (Lipinski definition) is 6. The fraction of sp³-hybridized carbons (Fsp3) is 0.0769. The Morgan fingerprint density at radius 3 is 2.58 bits per heavy atom. The number of nitrogens with two attached hydrogens (primary N) is 2. The molecule has 6 nitrogen and oxygen atoms in total. The second kappa shape index (κ2) is 5.14. The van der Waals surface area contributed by atoms with Gasteiger partial charge in [-0.05, 0) is 36.8 Å². The third-order valence-electron chi connectivity index (χ3n) is 2.55. The van der Waals surface area contributed by atoms with Crippen LogP contribution in [0.5, 0.6) is 0 Å². The zero-order chi connectivity index (χ0) is 13.8. The number of anilines is 2. The second-order valence-corrected chi connectivity index (χ2v) is 3.98.